The van der Waals surface area contributed by atoms with Crippen LogP contribution in [0.15, 0.2) is 30.5 Å². The average molecular weight is 288 g/mol. The van der Waals surface area contributed by atoms with Crippen LogP contribution in [0.4, 0.5) is 5.69 Å². The Bertz CT molecular complexity index is 617. The molecule has 0 aliphatic heterocycles. The van der Waals surface area contributed by atoms with E-state index < -0.39 is 4.92 Å². The second-order valence-corrected chi connectivity index (χ2v) is 5.51. The van der Waals surface area contributed by atoms with E-state index in [2.05, 4.69) is 24.3 Å². The first-order valence-corrected chi connectivity index (χ1v) is 6.95. The van der Waals surface area contributed by atoms with Gasteiger partial charge in [-0.3, -0.25) is 14.8 Å². The third-order valence-corrected chi connectivity index (χ3v) is 3.12. The summed E-state index contributed by atoms with van der Waals surface area (Å²) in [6.07, 6.45) is 1.98. The molecule has 0 saturated heterocycles. The molecule has 6 nitrogen and oxygen atoms in total. The minimum atomic E-state index is -0.396. The summed E-state index contributed by atoms with van der Waals surface area (Å²) >= 11 is 0. The number of aromatic nitrogens is 2. The maximum absolute atomic E-state index is 10.7. The molecule has 21 heavy (non-hydrogen) atoms. The van der Waals surface area contributed by atoms with Gasteiger partial charge in [-0.15, -0.1) is 0 Å². The molecule has 1 N–H and O–H groups in total. The number of benzene rings is 1. The number of hydrogen-bond donors (Lipinski definition) is 1. The minimum Gasteiger partial charge on any atom is -0.312 e. The van der Waals surface area contributed by atoms with Gasteiger partial charge in [0.25, 0.3) is 5.69 Å². The van der Waals surface area contributed by atoms with Crippen LogP contribution < -0.4 is 5.32 Å². The number of hydrogen-bond acceptors (Lipinski definition) is 4. The summed E-state index contributed by atoms with van der Waals surface area (Å²) in [7, 11) is 1.88. The average Bonchev–Trinajstić information content (AvgIpc) is 2.79. The molecule has 0 saturated carbocycles. The van der Waals surface area contributed by atoms with Crippen LogP contribution in [0, 0.1) is 16.0 Å². The third kappa shape index (κ3) is 3.88. The quantitative estimate of drug-likeness (QED) is 0.655. The smallest absolute Gasteiger partial charge is 0.269 e. The van der Waals surface area contributed by atoms with Gasteiger partial charge in [0.15, 0.2) is 0 Å². The molecular weight excluding hydrogens is 268 g/mol. The van der Waals surface area contributed by atoms with Crippen LogP contribution in [0.25, 0.3) is 11.3 Å². The fourth-order valence-electron chi connectivity index (χ4n) is 2.15. The molecule has 0 unspecified atom stereocenters. The number of nitro groups is 1. The summed E-state index contributed by atoms with van der Waals surface area (Å²) in [5.41, 5.74) is 2.94. The highest BCUT2D eigenvalue weighted by molar-refractivity contribution is 5.64. The first-order chi connectivity index (χ1) is 9.97. The van der Waals surface area contributed by atoms with Crippen molar-refractivity contribution in [2.45, 2.75) is 20.4 Å². The second-order valence-electron chi connectivity index (χ2n) is 5.51. The summed E-state index contributed by atoms with van der Waals surface area (Å²) < 4.78 is 1.77. The first kappa shape index (κ1) is 15.2. The van der Waals surface area contributed by atoms with E-state index >= 15 is 0 Å². The Kier molecular flexibility index (Phi) is 4.70. The number of non-ortho nitro benzene ring substituents is 1. The Morgan fingerprint density at radius 1 is 1.33 bits per heavy atom. The monoisotopic (exact) mass is 288 g/mol. The lowest BCUT2D eigenvalue weighted by atomic mass is 10.1. The van der Waals surface area contributed by atoms with Gasteiger partial charge in [0, 0.05) is 43.0 Å². The van der Waals surface area contributed by atoms with Crippen LogP contribution in [0.3, 0.4) is 0 Å². The van der Waals surface area contributed by atoms with Gasteiger partial charge in [0.05, 0.1) is 10.6 Å². The lowest BCUT2D eigenvalue weighted by Gasteiger charge is -2.07. The molecule has 0 spiro atoms. The van der Waals surface area contributed by atoms with Gasteiger partial charge in [-0.25, -0.2) is 0 Å². The highest BCUT2D eigenvalue weighted by Crippen LogP contribution is 2.24. The standard InChI is InChI=1S/C15H20N4O2/c1-11(2)8-16-9-13-10-18(3)17-15(13)12-4-6-14(7-5-12)19(20)21/h4-7,10-11,16H,8-9H2,1-3H3. The van der Waals surface area contributed by atoms with Gasteiger partial charge >= 0.3 is 0 Å². The topological polar surface area (TPSA) is 73.0 Å². The Balaban J connectivity index is 2.20. The van der Waals surface area contributed by atoms with E-state index in [1.807, 2.05) is 13.2 Å². The van der Waals surface area contributed by atoms with Crippen molar-refractivity contribution >= 4 is 5.69 Å². The highest BCUT2D eigenvalue weighted by Gasteiger charge is 2.12. The summed E-state index contributed by atoms with van der Waals surface area (Å²) in [6.45, 7) is 5.99. The lowest BCUT2D eigenvalue weighted by Crippen LogP contribution is -2.19. The van der Waals surface area contributed by atoms with Gasteiger partial charge in [-0.2, -0.15) is 5.10 Å². The van der Waals surface area contributed by atoms with Gasteiger partial charge in [-0.1, -0.05) is 13.8 Å². The largest absolute Gasteiger partial charge is 0.312 e. The molecule has 6 heteroatoms. The SMILES string of the molecule is CC(C)CNCc1cn(C)nc1-c1ccc([N+](=O)[O-])cc1. The number of nitrogens with one attached hydrogen (secondary N) is 1. The zero-order valence-electron chi connectivity index (χ0n) is 12.5. The van der Waals surface area contributed by atoms with Crippen molar-refractivity contribution in [2.75, 3.05) is 6.54 Å². The maximum atomic E-state index is 10.7. The van der Waals surface area contributed by atoms with Gasteiger partial charge in [-0.05, 0) is 24.6 Å². The predicted molar refractivity (Wildman–Crippen MR) is 81.8 cm³/mol. The highest BCUT2D eigenvalue weighted by atomic mass is 16.6. The summed E-state index contributed by atoms with van der Waals surface area (Å²) in [5.74, 6) is 0.587. The van der Waals surface area contributed by atoms with E-state index in [0.29, 0.717) is 5.92 Å². The second kappa shape index (κ2) is 6.49. The molecular formula is C15H20N4O2. The van der Waals surface area contributed by atoms with Crippen LogP contribution in [0.1, 0.15) is 19.4 Å². The van der Waals surface area contributed by atoms with Crippen LogP contribution in [-0.4, -0.2) is 21.2 Å². The lowest BCUT2D eigenvalue weighted by molar-refractivity contribution is -0.384. The Labute approximate surface area is 123 Å². The van der Waals surface area contributed by atoms with Crippen LogP contribution in [-0.2, 0) is 13.6 Å². The first-order valence-electron chi connectivity index (χ1n) is 6.95. The van der Waals surface area contributed by atoms with E-state index in [9.17, 15) is 10.1 Å². The number of aryl methyl sites for hydroxylation is 1. The van der Waals surface area contributed by atoms with E-state index in [1.165, 1.54) is 12.1 Å². The van der Waals surface area contributed by atoms with Crippen molar-refractivity contribution in [1.29, 1.82) is 0 Å². The number of nitrogens with zero attached hydrogens (tertiary/aromatic N) is 3. The van der Waals surface area contributed by atoms with Crippen LogP contribution >= 0.6 is 0 Å². The molecule has 1 aromatic heterocycles. The van der Waals surface area contributed by atoms with E-state index in [4.69, 9.17) is 0 Å². The summed E-state index contributed by atoms with van der Waals surface area (Å²) in [6, 6.07) is 6.50. The zero-order valence-corrected chi connectivity index (χ0v) is 12.5. The van der Waals surface area contributed by atoms with Crippen molar-refractivity contribution in [1.82, 2.24) is 15.1 Å². The Hall–Kier alpha value is -2.21. The number of rotatable bonds is 6. The van der Waals surface area contributed by atoms with E-state index in [1.54, 1.807) is 16.8 Å². The fraction of sp³-hybridized carbons (Fsp3) is 0.400. The van der Waals surface area contributed by atoms with Crippen molar-refractivity contribution < 1.29 is 4.92 Å². The van der Waals surface area contributed by atoms with Crippen molar-refractivity contribution in [2.24, 2.45) is 13.0 Å². The Morgan fingerprint density at radius 2 is 2.00 bits per heavy atom. The van der Waals surface area contributed by atoms with Crippen molar-refractivity contribution in [3.05, 3.63) is 46.1 Å². The molecule has 0 atom stereocenters. The van der Waals surface area contributed by atoms with Gasteiger partial charge in [0.1, 0.15) is 0 Å². The normalized spacial score (nSPS) is 11.0. The summed E-state index contributed by atoms with van der Waals surface area (Å²) in [5, 5.41) is 18.6. The maximum Gasteiger partial charge on any atom is 0.269 e. The molecule has 0 aliphatic carbocycles. The molecule has 2 aromatic rings. The van der Waals surface area contributed by atoms with Crippen molar-refractivity contribution in [3.63, 3.8) is 0 Å². The predicted octanol–water partition coefficient (Wildman–Crippen LogP) is 2.74. The molecule has 2 rings (SSSR count). The number of nitro benzene ring substituents is 1. The Morgan fingerprint density at radius 3 is 2.57 bits per heavy atom. The van der Waals surface area contributed by atoms with Crippen LogP contribution in [0.5, 0.6) is 0 Å². The summed E-state index contributed by atoms with van der Waals surface area (Å²) in [4.78, 5) is 10.3. The van der Waals surface area contributed by atoms with E-state index in [-0.39, 0.29) is 5.69 Å². The molecule has 0 fully saturated rings. The van der Waals surface area contributed by atoms with E-state index in [0.717, 1.165) is 29.9 Å². The van der Waals surface area contributed by atoms with Crippen LogP contribution in [0.2, 0.25) is 0 Å². The molecule has 0 aliphatic rings. The van der Waals surface area contributed by atoms with Gasteiger partial charge < -0.3 is 5.32 Å². The third-order valence-electron chi connectivity index (χ3n) is 3.12. The molecule has 1 aromatic carbocycles. The van der Waals surface area contributed by atoms with Gasteiger partial charge in [0.2, 0.25) is 0 Å². The van der Waals surface area contributed by atoms with Crippen molar-refractivity contribution in [3.8, 4) is 11.3 Å². The molecule has 0 amide bonds. The zero-order chi connectivity index (χ0) is 15.4. The molecule has 1 heterocycles. The molecule has 112 valence electrons. The fourth-order valence-corrected chi connectivity index (χ4v) is 2.15. The minimum absolute atomic E-state index is 0.0918. The molecule has 0 radical (unpaired) electrons. The molecule has 0 bridgehead atoms.